The number of halogens is 1. The number of non-ortho nitro benzene ring substituents is 1. The van der Waals surface area contributed by atoms with Crippen LogP contribution in [-0.4, -0.2) is 19.4 Å². The summed E-state index contributed by atoms with van der Waals surface area (Å²) in [7, 11) is 0. The molecule has 108 valence electrons. The lowest BCUT2D eigenvalue weighted by Crippen LogP contribution is -1.96. The summed E-state index contributed by atoms with van der Waals surface area (Å²) in [5, 5.41) is 21.7. The summed E-state index contributed by atoms with van der Waals surface area (Å²) in [5.74, 6) is -0.998. The van der Waals surface area contributed by atoms with E-state index >= 15 is 0 Å². The maximum absolute atomic E-state index is 13.8. The van der Waals surface area contributed by atoms with Crippen molar-refractivity contribution >= 4 is 22.0 Å². The van der Waals surface area contributed by atoms with Gasteiger partial charge in [-0.15, -0.1) is 11.3 Å². The van der Waals surface area contributed by atoms with Crippen LogP contribution in [0, 0.1) is 15.9 Å². The third-order valence-corrected chi connectivity index (χ3v) is 3.56. The summed E-state index contributed by atoms with van der Waals surface area (Å²) >= 11 is 1.34. The van der Waals surface area contributed by atoms with E-state index in [0.29, 0.717) is 10.7 Å². The number of benzene rings is 1. The normalized spacial score (nSPS) is 11.0. The molecule has 9 heteroatoms. The smallest absolute Gasteiger partial charge is 0.272 e. The number of nitrogens with zero attached hydrogens (tertiary/aromatic N) is 3. The Labute approximate surface area is 121 Å². The molecule has 0 bridgehead atoms. The molecule has 1 aromatic carbocycles. The van der Waals surface area contributed by atoms with Gasteiger partial charge in [0.25, 0.3) is 5.69 Å². The Balaban J connectivity index is 1.98. The summed E-state index contributed by atoms with van der Waals surface area (Å²) in [6, 6.07) is 3.06. The molecule has 0 aliphatic rings. The molecule has 0 aliphatic heterocycles. The van der Waals surface area contributed by atoms with Crippen LogP contribution in [0.2, 0.25) is 0 Å². The molecule has 0 aliphatic carbocycles. The standard InChI is InChI=1S/C12H8FN3O4S/c13-8-5-7(16(18)19)1-2-10(8)20-11-9(6-17)15-3-4-21-12(15)14-11/h1-5,17H,6H2. The Bertz CT molecular complexity index is 829. The minimum absolute atomic E-state index is 0.0668. The number of thiazole rings is 1. The first-order valence-corrected chi connectivity index (χ1v) is 6.65. The molecule has 0 unspecified atom stereocenters. The number of imidazole rings is 1. The number of rotatable bonds is 4. The van der Waals surface area contributed by atoms with Crippen molar-refractivity contribution in [2.75, 3.05) is 0 Å². The minimum atomic E-state index is -0.871. The van der Waals surface area contributed by atoms with Crippen molar-refractivity contribution in [3.05, 3.63) is 51.4 Å². The zero-order valence-corrected chi connectivity index (χ0v) is 11.2. The van der Waals surface area contributed by atoms with Gasteiger partial charge < -0.3 is 9.84 Å². The number of aromatic nitrogens is 2. The third-order valence-electron chi connectivity index (χ3n) is 2.81. The molecule has 1 N–H and O–H groups in total. The van der Waals surface area contributed by atoms with Crippen molar-refractivity contribution in [1.82, 2.24) is 9.38 Å². The molecule has 0 saturated heterocycles. The van der Waals surface area contributed by atoms with Crippen molar-refractivity contribution in [2.24, 2.45) is 0 Å². The summed E-state index contributed by atoms with van der Waals surface area (Å²) in [6.07, 6.45) is 1.71. The number of aliphatic hydroxyl groups excluding tert-OH is 1. The van der Waals surface area contributed by atoms with Crippen molar-refractivity contribution in [3.8, 4) is 11.6 Å². The molecule has 2 aromatic heterocycles. The molecule has 0 fully saturated rings. The average molecular weight is 309 g/mol. The zero-order chi connectivity index (χ0) is 15.0. The summed E-state index contributed by atoms with van der Waals surface area (Å²) in [6.45, 7) is -0.332. The molecular formula is C12H8FN3O4S. The lowest BCUT2D eigenvalue weighted by Gasteiger charge is -2.05. The monoisotopic (exact) mass is 309 g/mol. The fourth-order valence-electron chi connectivity index (χ4n) is 1.83. The predicted molar refractivity (Wildman–Crippen MR) is 72.1 cm³/mol. The SMILES string of the molecule is O=[N+]([O-])c1ccc(Oc2nc3sccn3c2CO)c(F)c1. The summed E-state index contributed by atoms with van der Waals surface area (Å²) < 4.78 is 20.7. The molecular weight excluding hydrogens is 301 g/mol. The van der Waals surface area contributed by atoms with Crippen LogP contribution in [0.5, 0.6) is 11.6 Å². The van der Waals surface area contributed by atoms with Crippen LogP contribution in [0.1, 0.15) is 5.69 Å². The maximum Gasteiger partial charge on any atom is 0.272 e. The van der Waals surface area contributed by atoms with Gasteiger partial charge in [0.2, 0.25) is 5.88 Å². The lowest BCUT2D eigenvalue weighted by atomic mass is 10.3. The van der Waals surface area contributed by atoms with Gasteiger partial charge >= 0.3 is 0 Å². The van der Waals surface area contributed by atoms with Gasteiger partial charge in [0, 0.05) is 17.6 Å². The summed E-state index contributed by atoms with van der Waals surface area (Å²) in [4.78, 5) is 14.6. The Hall–Kier alpha value is -2.52. The number of nitro groups is 1. The molecule has 21 heavy (non-hydrogen) atoms. The summed E-state index contributed by atoms with van der Waals surface area (Å²) in [5.41, 5.74) is 0.0112. The van der Waals surface area contributed by atoms with Gasteiger partial charge in [-0.25, -0.2) is 4.39 Å². The highest BCUT2D eigenvalue weighted by Crippen LogP contribution is 2.30. The van der Waals surface area contributed by atoms with E-state index in [-0.39, 0.29) is 23.9 Å². The Morgan fingerprint density at radius 1 is 1.52 bits per heavy atom. The van der Waals surface area contributed by atoms with Gasteiger partial charge in [-0.3, -0.25) is 14.5 Å². The van der Waals surface area contributed by atoms with Crippen LogP contribution in [-0.2, 0) is 6.61 Å². The van der Waals surface area contributed by atoms with E-state index in [0.717, 1.165) is 18.2 Å². The molecule has 0 atom stereocenters. The van der Waals surface area contributed by atoms with Gasteiger partial charge in [-0.1, -0.05) is 0 Å². The number of hydrogen-bond donors (Lipinski definition) is 1. The van der Waals surface area contributed by atoms with E-state index in [1.165, 1.54) is 11.3 Å². The Morgan fingerprint density at radius 2 is 2.33 bits per heavy atom. The Kier molecular flexibility index (Phi) is 3.28. The van der Waals surface area contributed by atoms with Gasteiger partial charge in [0.1, 0.15) is 5.69 Å². The second-order valence-corrected chi connectivity index (χ2v) is 4.92. The van der Waals surface area contributed by atoms with Crippen LogP contribution in [0.4, 0.5) is 10.1 Å². The van der Waals surface area contributed by atoms with Crippen molar-refractivity contribution in [3.63, 3.8) is 0 Å². The maximum atomic E-state index is 13.8. The average Bonchev–Trinajstić information content (AvgIpc) is 3.00. The largest absolute Gasteiger partial charge is 0.434 e. The molecule has 0 radical (unpaired) electrons. The van der Waals surface area contributed by atoms with E-state index in [4.69, 9.17) is 4.74 Å². The predicted octanol–water partition coefficient (Wildman–Crippen LogP) is 2.73. The van der Waals surface area contributed by atoms with Gasteiger partial charge in [0.15, 0.2) is 16.5 Å². The van der Waals surface area contributed by atoms with E-state index in [1.807, 2.05) is 0 Å². The zero-order valence-electron chi connectivity index (χ0n) is 10.4. The molecule has 0 amide bonds. The molecule has 2 heterocycles. The highest BCUT2D eigenvalue weighted by Gasteiger charge is 2.17. The van der Waals surface area contributed by atoms with Gasteiger partial charge in [0.05, 0.1) is 17.6 Å². The second-order valence-electron chi connectivity index (χ2n) is 4.05. The van der Waals surface area contributed by atoms with Gasteiger partial charge in [-0.05, 0) is 6.07 Å². The van der Waals surface area contributed by atoms with Crippen molar-refractivity contribution in [1.29, 1.82) is 0 Å². The van der Waals surface area contributed by atoms with Crippen LogP contribution >= 0.6 is 11.3 Å². The fraction of sp³-hybridized carbons (Fsp3) is 0.0833. The van der Waals surface area contributed by atoms with Crippen LogP contribution in [0.15, 0.2) is 29.8 Å². The molecule has 3 aromatic rings. The first-order chi connectivity index (χ1) is 10.1. The van der Waals surface area contributed by atoms with Crippen LogP contribution in [0.25, 0.3) is 4.96 Å². The first kappa shape index (κ1) is 13.5. The lowest BCUT2D eigenvalue weighted by molar-refractivity contribution is -0.385. The Morgan fingerprint density at radius 3 is 3.00 bits per heavy atom. The molecule has 7 nitrogen and oxygen atoms in total. The highest BCUT2D eigenvalue weighted by atomic mass is 32.1. The number of aliphatic hydroxyl groups is 1. The number of hydrogen-bond acceptors (Lipinski definition) is 6. The topological polar surface area (TPSA) is 89.9 Å². The van der Waals surface area contributed by atoms with Crippen LogP contribution < -0.4 is 4.74 Å². The first-order valence-electron chi connectivity index (χ1n) is 5.77. The quantitative estimate of drug-likeness (QED) is 0.591. The van der Waals surface area contributed by atoms with Crippen LogP contribution in [0.3, 0.4) is 0 Å². The van der Waals surface area contributed by atoms with E-state index in [1.54, 1.807) is 16.0 Å². The van der Waals surface area contributed by atoms with E-state index in [9.17, 15) is 19.6 Å². The number of ether oxygens (including phenoxy) is 1. The highest BCUT2D eigenvalue weighted by molar-refractivity contribution is 7.15. The number of nitro benzene ring substituents is 1. The second kappa shape index (κ2) is 5.11. The third kappa shape index (κ3) is 2.32. The van der Waals surface area contributed by atoms with E-state index < -0.39 is 10.7 Å². The molecule has 3 rings (SSSR count). The van der Waals surface area contributed by atoms with Gasteiger partial charge in [-0.2, -0.15) is 4.98 Å². The fourth-order valence-corrected chi connectivity index (χ4v) is 2.55. The number of fused-ring (bicyclic) bond motifs is 1. The minimum Gasteiger partial charge on any atom is -0.434 e. The van der Waals surface area contributed by atoms with E-state index in [2.05, 4.69) is 4.98 Å². The molecule has 0 spiro atoms. The molecule has 0 saturated carbocycles. The van der Waals surface area contributed by atoms with Crippen molar-refractivity contribution < 1.29 is 19.2 Å². The van der Waals surface area contributed by atoms with Crippen molar-refractivity contribution in [2.45, 2.75) is 6.61 Å².